The molecule has 1 aliphatic heterocycles. The van der Waals surface area contributed by atoms with E-state index in [0.717, 1.165) is 38.6 Å². The third-order valence-corrected chi connectivity index (χ3v) is 4.72. The Morgan fingerprint density at radius 2 is 2.17 bits per heavy atom. The average Bonchev–Trinajstić information content (AvgIpc) is 3.01. The molecule has 2 atom stereocenters. The molecule has 7 heteroatoms. The largest absolute Gasteiger partial charge is 0.383 e. The first-order chi connectivity index (χ1) is 11.4. The first kappa shape index (κ1) is 18.9. The van der Waals surface area contributed by atoms with Crippen molar-refractivity contribution in [3.8, 4) is 0 Å². The molecule has 7 nitrogen and oxygen atoms in total. The fraction of sp³-hybridized carbons (Fsp3) is 0.765. The summed E-state index contributed by atoms with van der Waals surface area (Å²) in [7, 11) is 1.73. The highest BCUT2D eigenvalue weighted by atomic mass is 16.5. The maximum atomic E-state index is 12.6. The summed E-state index contributed by atoms with van der Waals surface area (Å²) in [6.45, 7) is 12.7. The summed E-state index contributed by atoms with van der Waals surface area (Å²) < 4.78 is 7.00. The average molecular weight is 337 g/mol. The Balaban J connectivity index is 1.90. The van der Waals surface area contributed by atoms with Gasteiger partial charge in [0.05, 0.1) is 18.8 Å². The van der Waals surface area contributed by atoms with Gasteiger partial charge in [0.15, 0.2) is 0 Å². The number of anilines is 1. The normalized spacial score (nSPS) is 21.2. The topological polar surface area (TPSA) is 62.6 Å². The summed E-state index contributed by atoms with van der Waals surface area (Å²) in [5.74, 6) is 0.781. The molecular formula is C17H31N5O2. The molecule has 0 bridgehead atoms. The standard InChI is InChI=1S/C17H31N5O2/c1-13(2)22-16(6-7-18-22)19-17(23)15(4)21-9-8-20(10-11-24-5)14(3)12-21/h6-7,13-15H,8-12H2,1-5H3,(H,19,23)/t14-,15+/m1/s1. The molecule has 0 saturated carbocycles. The SMILES string of the molecule is COCCN1CCN([C@@H](C)C(=O)Nc2ccnn2C(C)C)C[C@H]1C. The molecule has 0 unspecified atom stereocenters. The first-order valence-corrected chi connectivity index (χ1v) is 8.75. The molecule has 1 fully saturated rings. The maximum absolute atomic E-state index is 12.6. The minimum atomic E-state index is -0.160. The number of rotatable bonds is 7. The van der Waals surface area contributed by atoms with Gasteiger partial charge in [0, 0.05) is 51.4 Å². The molecule has 1 aromatic rings. The Bertz CT molecular complexity index is 531. The Hall–Kier alpha value is -1.44. The van der Waals surface area contributed by atoms with Crippen molar-refractivity contribution in [1.82, 2.24) is 19.6 Å². The second-order valence-corrected chi connectivity index (χ2v) is 6.79. The van der Waals surface area contributed by atoms with Crippen molar-refractivity contribution in [3.05, 3.63) is 12.3 Å². The molecule has 0 aromatic carbocycles. The number of nitrogens with one attached hydrogen (secondary N) is 1. The fourth-order valence-corrected chi connectivity index (χ4v) is 3.14. The fourth-order valence-electron chi connectivity index (χ4n) is 3.14. The lowest BCUT2D eigenvalue weighted by Crippen LogP contribution is -2.57. The van der Waals surface area contributed by atoms with Crippen LogP contribution in [0.4, 0.5) is 5.82 Å². The lowest BCUT2D eigenvalue weighted by molar-refractivity contribution is -0.122. The minimum Gasteiger partial charge on any atom is -0.383 e. The van der Waals surface area contributed by atoms with Crippen LogP contribution in [0.5, 0.6) is 0 Å². The van der Waals surface area contributed by atoms with E-state index in [0.29, 0.717) is 6.04 Å². The van der Waals surface area contributed by atoms with Crippen LogP contribution in [0.25, 0.3) is 0 Å². The van der Waals surface area contributed by atoms with Crippen molar-refractivity contribution >= 4 is 11.7 Å². The number of aromatic nitrogens is 2. The van der Waals surface area contributed by atoms with E-state index in [-0.39, 0.29) is 18.0 Å². The molecule has 2 rings (SSSR count). The van der Waals surface area contributed by atoms with E-state index in [1.807, 2.05) is 31.5 Å². The number of methoxy groups -OCH3 is 1. The molecule has 0 radical (unpaired) electrons. The summed E-state index contributed by atoms with van der Waals surface area (Å²) in [6, 6.07) is 2.32. The number of amides is 1. The van der Waals surface area contributed by atoms with Crippen LogP contribution in [0.2, 0.25) is 0 Å². The molecule has 0 aliphatic carbocycles. The molecule has 2 heterocycles. The van der Waals surface area contributed by atoms with E-state index in [1.165, 1.54) is 0 Å². The Kier molecular flexibility index (Phi) is 6.77. The van der Waals surface area contributed by atoms with Gasteiger partial charge in [0.1, 0.15) is 5.82 Å². The van der Waals surface area contributed by atoms with Gasteiger partial charge in [-0.05, 0) is 27.7 Å². The predicted molar refractivity (Wildman–Crippen MR) is 95.2 cm³/mol. The van der Waals surface area contributed by atoms with E-state index in [1.54, 1.807) is 13.3 Å². The van der Waals surface area contributed by atoms with Crippen molar-refractivity contribution in [2.45, 2.75) is 45.8 Å². The molecule has 1 saturated heterocycles. The van der Waals surface area contributed by atoms with Crippen molar-refractivity contribution in [3.63, 3.8) is 0 Å². The Morgan fingerprint density at radius 3 is 2.79 bits per heavy atom. The number of carbonyl (C=O) groups is 1. The van der Waals surface area contributed by atoms with Gasteiger partial charge in [-0.2, -0.15) is 5.10 Å². The Morgan fingerprint density at radius 1 is 1.42 bits per heavy atom. The molecule has 1 aromatic heterocycles. The van der Waals surface area contributed by atoms with Gasteiger partial charge < -0.3 is 10.1 Å². The van der Waals surface area contributed by atoms with Gasteiger partial charge in [-0.15, -0.1) is 0 Å². The number of nitrogens with zero attached hydrogens (tertiary/aromatic N) is 4. The summed E-state index contributed by atoms with van der Waals surface area (Å²) in [6.07, 6.45) is 1.72. The van der Waals surface area contributed by atoms with Crippen molar-refractivity contribution in [2.75, 3.05) is 45.2 Å². The van der Waals surface area contributed by atoms with Gasteiger partial charge in [0.25, 0.3) is 0 Å². The molecule has 1 aliphatic rings. The van der Waals surface area contributed by atoms with E-state index >= 15 is 0 Å². The summed E-state index contributed by atoms with van der Waals surface area (Å²) in [5, 5.41) is 7.28. The molecule has 1 amide bonds. The van der Waals surface area contributed by atoms with Crippen LogP contribution in [-0.4, -0.2) is 77.5 Å². The molecule has 24 heavy (non-hydrogen) atoms. The molecule has 0 spiro atoms. The lowest BCUT2D eigenvalue weighted by Gasteiger charge is -2.41. The van der Waals surface area contributed by atoms with Gasteiger partial charge in [-0.25, -0.2) is 4.68 Å². The van der Waals surface area contributed by atoms with E-state index in [9.17, 15) is 4.79 Å². The van der Waals surface area contributed by atoms with Gasteiger partial charge in [0.2, 0.25) is 5.91 Å². The second kappa shape index (κ2) is 8.60. The zero-order valence-corrected chi connectivity index (χ0v) is 15.5. The zero-order chi connectivity index (χ0) is 17.7. The van der Waals surface area contributed by atoms with Crippen molar-refractivity contribution in [1.29, 1.82) is 0 Å². The highest BCUT2D eigenvalue weighted by Gasteiger charge is 2.29. The van der Waals surface area contributed by atoms with E-state index in [2.05, 4.69) is 27.1 Å². The summed E-state index contributed by atoms with van der Waals surface area (Å²) >= 11 is 0. The first-order valence-electron chi connectivity index (χ1n) is 8.75. The number of piperazine rings is 1. The molecule has 136 valence electrons. The maximum Gasteiger partial charge on any atom is 0.242 e. The third-order valence-electron chi connectivity index (χ3n) is 4.72. The molecular weight excluding hydrogens is 306 g/mol. The minimum absolute atomic E-state index is 0.0231. The van der Waals surface area contributed by atoms with E-state index < -0.39 is 0 Å². The smallest absolute Gasteiger partial charge is 0.242 e. The highest BCUT2D eigenvalue weighted by molar-refractivity contribution is 5.93. The molecule has 1 N–H and O–H groups in total. The van der Waals surface area contributed by atoms with Crippen LogP contribution in [0.3, 0.4) is 0 Å². The zero-order valence-electron chi connectivity index (χ0n) is 15.5. The quantitative estimate of drug-likeness (QED) is 0.816. The third kappa shape index (κ3) is 4.55. The van der Waals surface area contributed by atoms with Crippen LogP contribution in [-0.2, 0) is 9.53 Å². The van der Waals surface area contributed by atoms with Crippen LogP contribution in [0, 0.1) is 0 Å². The van der Waals surface area contributed by atoms with Gasteiger partial charge in [-0.3, -0.25) is 14.6 Å². The summed E-state index contributed by atoms with van der Waals surface area (Å²) in [5.41, 5.74) is 0. The second-order valence-electron chi connectivity index (χ2n) is 6.79. The highest BCUT2D eigenvalue weighted by Crippen LogP contribution is 2.16. The van der Waals surface area contributed by atoms with Crippen LogP contribution >= 0.6 is 0 Å². The number of ether oxygens (including phenoxy) is 1. The number of carbonyl (C=O) groups excluding carboxylic acids is 1. The monoisotopic (exact) mass is 337 g/mol. The predicted octanol–water partition coefficient (Wildman–Crippen LogP) is 1.44. The van der Waals surface area contributed by atoms with Crippen LogP contribution in [0.15, 0.2) is 12.3 Å². The Labute approximate surface area is 144 Å². The lowest BCUT2D eigenvalue weighted by atomic mass is 10.1. The van der Waals surface area contributed by atoms with Crippen molar-refractivity contribution < 1.29 is 9.53 Å². The number of hydrogen-bond donors (Lipinski definition) is 1. The number of hydrogen-bond acceptors (Lipinski definition) is 5. The van der Waals surface area contributed by atoms with Crippen LogP contribution < -0.4 is 5.32 Å². The van der Waals surface area contributed by atoms with Gasteiger partial charge >= 0.3 is 0 Å². The van der Waals surface area contributed by atoms with Gasteiger partial charge in [-0.1, -0.05) is 0 Å². The van der Waals surface area contributed by atoms with Crippen LogP contribution in [0.1, 0.15) is 33.7 Å². The summed E-state index contributed by atoms with van der Waals surface area (Å²) in [4.78, 5) is 17.3. The van der Waals surface area contributed by atoms with Crippen molar-refractivity contribution in [2.24, 2.45) is 0 Å². The van der Waals surface area contributed by atoms with E-state index in [4.69, 9.17) is 4.74 Å².